The van der Waals surface area contributed by atoms with E-state index in [9.17, 15) is 4.79 Å². The highest BCUT2D eigenvalue weighted by Gasteiger charge is 2.39. The van der Waals surface area contributed by atoms with Gasteiger partial charge in [-0.05, 0) is 61.0 Å². The number of carboxylic acids is 1. The lowest BCUT2D eigenvalue weighted by atomic mass is 9.62. The van der Waals surface area contributed by atoms with Crippen molar-refractivity contribution in [1.82, 2.24) is 0 Å². The van der Waals surface area contributed by atoms with Crippen molar-refractivity contribution < 1.29 is 14.7 Å². The molecule has 3 aliphatic carbocycles. The lowest BCUT2D eigenvalue weighted by Gasteiger charge is -2.43. The molecule has 3 aliphatic rings. The largest absolute Gasteiger partial charge is 0.481 e. The summed E-state index contributed by atoms with van der Waals surface area (Å²) in [5.74, 6) is 1.25. The maximum absolute atomic E-state index is 10.7. The third kappa shape index (κ3) is 6.22. The summed E-state index contributed by atoms with van der Waals surface area (Å²) in [6.07, 6.45) is 16.1. The van der Waals surface area contributed by atoms with Crippen LogP contribution in [0.4, 0.5) is 0 Å². The van der Waals surface area contributed by atoms with Crippen LogP contribution in [0.1, 0.15) is 55.8 Å². The molecule has 0 aliphatic heterocycles. The number of allylic oxidation sites excluding steroid dienone is 4. The van der Waals surface area contributed by atoms with E-state index in [1.807, 2.05) is 42.6 Å². The molecule has 0 heterocycles. The van der Waals surface area contributed by atoms with Crippen molar-refractivity contribution in [2.24, 2.45) is 28.8 Å². The highest BCUT2D eigenvalue weighted by molar-refractivity contribution is 5.66. The van der Waals surface area contributed by atoms with Gasteiger partial charge in [-0.2, -0.15) is 0 Å². The number of nitrogens with zero attached hydrogens (tertiary/aromatic N) is 1. The molecular formula is C29H33NO3. The van der Waals surface area contributed by atoms with Crippen LogP contribution >= 0.6 is 0 Å². The van der Waals surface area contributed by atoms with Gasteiger partial charge in [-0.3, -0.25) is 4.79 Å². The standard InChI is InChI=1S/C29H33NO3/c31-28(32)16-10-2-1-9-15-26-22-17-19-23(20-18-22)27(26)21-30-33-29(24-11-5-3-6-12-24)25-13-7-4-8-14-25/h1,3-9,11-14,17,19,21-23,26-27,29H,2,10,15-16,18,20H2,(H,31,32). The number of unbranched alkanes of at least 4 members (excludes halogenated alkanes) is 1. The number of aliphatic carboxylic acids is 1. The highest BCUT2D eigenvalue weighted by Crippen LogP contribution is 2.45. The van der Waals surface area contributed by atoms with Crippen LogP contribution < -0.4 is 0 Å². The quantitative estimate of drug-likeness (QED) is 0.180. The monoisotopic (exact) mass is 443 g/mol. The molecule has 0 aromatic heterocycles. The smallest absolute Gasteiger partial charge is 0.303 e. The minimum Gasteiger partial charge on any atom is -0.481 e. The second-order valence-electron chi connectivity index (χ2n) is 9.09. The molecule has 4 heteroatoms. The average molecular weight is 444 g/mol. The van der Waals surface area contributed by atoms with Crippen LogP contribution in [-0.2, 0) is 9.63 Å². The summed E-state index contributed by atoms with van der Waals surface area (Å²) >= 11 is 0. The minimum absolute atomic E-state index is 0.229. The van der Waals surface area contributed by atoms with Gasteiger partial charge < -0.3 is 9.94 Å². The van der Waals surface area contributed by atoms with Crippen molar-refractivity contribution >= 4 is 12.2 Å². The fraction of sp³-hybridized carbons (Fsp3) is 0.379. The Balaban J connectivity index is 1.42. The fourth-order valence-electron chi connectivity index (χ4n) is 5.17. The molecule has 5 rings (SSSR count). The first-order chi connectivity index (χ1) is 16.2. The predicted molar refractivity (Wildman–Crippen MR) is 132 cm³/mol. The van der Waals surface area contributed by atoms with Gasteiger partial charge in [-0.15, -0.1) is 0 Å². The molecule has 4 unspecified atom stereocenters. The minimum atomic E-state index is -0.723. The Morgan fingerprint density at radius 3 is 2.21 bits per heavy atom. The summed E-state index contributed by atoms with van der Waals surface area (Å²) in [4.78, 5) is 16.8. The van der Waals surface area contributed by atoms with Crippen LogP contribution in [-0.4, -0.2) is 17.3 Å². The van der Waals surface area contributed by atoms with E-state index >= 15 is 0 Å². The maximum atomic E-state index is 10.7. The van der Waals surface area contributed by atoms with E-state index in [1.54, 1.807) is 0 Å². The van der Waals surface area contributed by atoms with E-state index in [-0.39, 0.29) is 12.5 Å². The molecular weight excluding hydrogens is 410 g/mol. The third-order valence-corrected chi connectivity index (χ3v) is 6.92. The second kappa shape index (κ2) is 11.6. The third-order valence-electron chi connectivity index (χ3n) is 6.92. The predicted octanol–water partition coefficient (Wildman–Crippen LogP) is 6.81. The van der Waals surface area contributed by atoms with E-state index in [0.29, 0.717) is 30.1 Å². The Kier molecular flexibility index (Phi) is 8.13. The van der Waals surface area contributed by atoms with Gasteiger partial charge in [0.2, 0.25) is 0 Å². The average Bonchev–Trinajstić information content (AvgIpc) is 2.86. The summed E-state index contributed by atoms with van der Waals surface area (Å²) in [5, 5.41) is 13.3. The number of rotatable bonds is 11. The van der Waals surface area contributed by atoms with Gasteiger partial charge in [0.05, 0.1) is 0 Å². The molecule has 1 saturated carbocycles. The van der Waals surface area contributed by atoms with Gasteiger partial charge in [0.25, 0.3) is 0 Å². The SMILES string of the molecule is O=C(O)CCCC=CCC1C2C=CC(CC2)C1C=NOC(c1ccccc1)c1ccccc1. The first-order valence-electron chi connectivity index (χ1n) is 12.1. The van der Waals surface area contributed by atoms with E-state index in [2.05, 4.69) is 53.7 Å². The molecule has 1 fully saturated rings. The second-order valence-corrected chi connectivity index (χ2v) is 9.09. The number of carbonyl (C=O) groups is 1. The Bertz CT molecular complexity index is 927. The van der Waals surface area contributed by atoms with Crippen LogP contribution in [0.3, 0.4) is 0 Å². The van der Waals surface area contributed by atoms with Crippen molar-refractivity contribution in [2.45, 2.75) is 44.6 Å². The van der Waals surface area contributed by atoms with Crippen molar-refractivity contribution in [3.05, 3.63) is 96.1 Å². The maximum Gasteiger partial charge on any atom is 0.303 e. The van der Waals surface area contributed by atoms with Crippen molar-refractivity contribution in [3.8, 4) is 0 Å². The van der Waals surface area contributed by atoms with Crippen LogP contribution in [0, 0.1) is 23.7 Å². The van der Waals surface area contributed by atoms with Gasteiger partial charge in [0, 0.05) is 18.6 Å². The highest BCUT2D eigenvalue weighted by atomic mass is 16.6. The molecule has 2 bridgehead atoms. The number of hydrogen-bond donors (Lipinski definition) is 1. The molecule has 172 valence electrons. The van der Waals surface area contributed by atoms with Crippen LogP contribution in [0.25, 0.3) is 0 Å². The van der Waals surface area contributed by atoms with Crippen LogP contribution in [0.2, 0.25) is 0 Å². The number of hydrogen-bond acceptors (Lipinski definition) is 3. The lowest BCUT2D eigenvalue weighted by molar-refractivity contribution is -0.137. The molecule has 0 saturated heterocycles. The van der Waals surface area contributed by atoms with E-state index < -0.39 is 5.97 Å². The molecule has 4 nitrogen and oxygen atoms in total. The molecule has 1 N–H and O–H groups in total. The summed E-state index contributed by atoms with van der Waals surface area (Å²) in [5.41, 5.74) is 2.18. The summed E-state index contributed by atoms with van der Waals surface area (Å²) in [6, 6.07) is 20.5. The van der Waals surface area contributed by atoms with Crippen molar-refractivity contribution in [3.63, 3.8) is 0 Å². The first kappa shape index (κ1) is 23.0. The zero-order valence-electron chi connectivity index (χ0n) is 19.0. The lowest BCUT2D eigenvalue weighted by Crippen LogP contribution is -2.37. The molecule has 0 spiro atoms. The van der Waals surface area contributed by atoms with Gasteiger partial charge in [-0.1, -0.05) is 90.1 Å². The zero-order valence-corrected chi connectivity index (χ0v) is 19.0. The van der Waals surface area contributed by atoms with Crippen LogP contribution in [0.15, 0.2) is 90.1 Å². The van der Waals surface area contributed by atoms with Gasteiger partial charge in [0.15, 0.2) is 6.10 Å². The molecule has 2 aromatic rings. The Labute approximate surface area is 196 Å². The molecule has 33 heavy (non-hydrogen) atoms. The fourth-order valence-corrected chi connectivity index (χ4v) is 5.17. The van der Waals surface area contributed by atoms with Crippen molar-refractivity contribution in [2.75, 3.05) is 0 Å². The number of fused-ring (bicyclic) bond motifs is 2. The van der Waals surface area contributed by atoms with Gasteiger partial charge in [0.1, 0.15) is 0 Å². The van der Waals surface area contributed by atoms with Crippen LogP contribution in [0.5, 0.6) is 0 Å². The van der Waals surface area contributed by atoms with E-state index in [4.69, 9.17) is 9.94 Å². The molecule has 2 aromatic carbocycles. The van der Waals surface area contributed by atoms with E-state index in [0.717, 1.165) is 24.0 Å². The Morgan fingerprint density at radius 2 is 1.61 bits per heavy atom. The summed E-state index contributed by atoms with van der Waals surface area (Å²) in [7, 11) is 0. The summed E-state index contributed by atoms with van der Waals surface area (Å²) in [6.45, 7) is 0. The topological polar surface area (TPSA) is 58.9 Å². The number of benzene rings is 2. The zero-order chi connectivity index (χ0) is 22.9. The first-order valence-corrected chi connectivity index (χ1v) is 12.1. The van der Waals surface area contributed by atoms with Crippen molar-refractivity contribution in [1.29, 1.82) is 0 Å². The molecule has 4 atom stereocenters. The number of oxime groups is 1. The summed E-state index contributed by atoms with van der Waals surface area (Å²) < 4.78 is 0. The number of carboxylic acid groups (broad SMARTS) is 1. The van der Waals surface area contributed by atoms with Gasteiger partial charge >= 0.3 is 5.97 Å². The Morgan fingerprint density at radius 1 is 0.970 bits per heavy atom. The van der Waals surface area contributed by atoms with Gasteiger partial charge in [-0.25, -0.2) is 0 Å². The Hall–Kier alpha value is -3.14. The van der Waals surface area contributed by atoms with E-state index in [1.165, 1.54) is 12.8 Å². The molecule has 0 amide bonds. The molecule has 0 radical (unpaired) electrons. The normalized spacial score (nSPS) is 24.2.